The molecule has 1 saturated carbocycles. The number of nitrogens with two attached hydrogens (primary N) is 1. The molecule has 3 fully saturated rings. The number of anilines is 1. The summed E-state index contributed by atoms with van der Waals surface area (Å²) in [6.07, 6.45) is 5.72. The minimum atomic E-state index is -1.06. The van der Waals surface area contributed by atoms with Crippen LogP contribution in [0.25, 0.3) is 0 Å². The number of carboxylic acids is 1. The van der Waals surface area contributed by atoms with Crippen LogP contribution in [0.4, 0.5) is 5.13 Å². The molecule has 0 spiro atoms. The summed E-state index contributed by atoms with van der Waals surface area (Å²) in [6.45, 7) is 3.98. The Labute approximate surface area is 193 Å². The number of β-lactam (4-membered cyclic amide) rings is 1. The Morgan fingerprint density at radius 1 is 1.38 bits per heavy atom. The first kappa shape index (κ1) is 22.8. The standard InChI is InChI=1S/C20H27N5O5S2/c1-20(2)14(18(28)29)25-16(27)13(17(25)32-20)23-15(26)12(11-9-31-19(21)22-11)24-30-8-10-6-4-3-5-7-10/h9-10,13-14,17H,3-8H2,1-2H3,(H2,21,22)(H,23,26)(H,28,29)/b24-12-/t13-,14-,17+/m0/s1. The van der Waals surface area contributed by atoms with Crippen molar-refractivity contribution >= 4 is 51.7 Å². The third kappa shape index (κ3) is 4.29. The maximum Gasteiger partial charge on any atom is 0.327 e. The van der Waals surface area contributed by atoms with Gasteiger partial charge in [0.05, 0.1) is 0 Å². The number of amides is 2. The highest BCUT2D eigenvalue weighted by Gasteiger charge is 2.64. The lowest BCUT2D eigenvalue weighted by Crippen LogP contribution is -2.71. The van der Waals surface area contributed by atoms with Gasteiger partial charge in [-0.05, 0) is 32.6 Å². The van der Waals surface area contributed by atoms with Crippen LogP contribution in [0.1, 0.15) is 51.6 Å². The Hall–Kier alpha value is -2.34. The van der Waals surface area contributed by atoms with E-state index in [1.165, 1.54) is 47.3 Å². The van der Waals surface area contributed by atoms with E-state index in [4.69, 9.17) is 10.6 Å². The summed E-state index contributed by atoms with van der Waals surface area (Å²) < 4.78 is -0.672. The van der Waals surface area contributed by atoms with E-state index < -0.39 is 40.0 Å². The number of rotatable bonds is 7. The first-order valence-corrected chi connectivity index (χ1v) is 12.4. The highest BCUT2D eigenvalue weighted by Crippen LogP contribution is 2.50. The first-order chi connectivity index (χ1) is 15.2. The molecule has 0 bridgehead atoms. The Bertz CT molecular complexity index is 943. The molecule has 1 aromatic rings. The first-order valence-electron chi connectivity index (χ1n) is 10.6. The van der Waals surface area contributed by atoms with Crippen molar-refractivity contribution in [2.45, 2.75) is 68.2 Å². The molecule has 4 N–H and O–H groups in total. The van der Waals surface area contributed by atoms with Gasteiger partial charge in [0, 0.05) is 10.1 Å². The second-order valence-corrected chi connectivity index (χ2v) is 11.5. The minimum absolute atomic E-state index is 0.0444. The van der Waals surface area contributed by atoms with E-state index in [0.717, 1.165) is 12.8 Å². The molecule has 2 aliphatic heterocycles. The molecule has 10 nitrogen and oxygen atoms in total. The SMILES string of the molecule is CC1(C)S[C@@H]2[C@@H](NC(=O)/C(=N\OCC3CCCCC3)c3csc(N)n3)C(=O)N2[C@H]1C(=O)O. The van der Waals surface area contributed by atoms with E-state index in [1.54, 1.807) is 19.2 Å². The molecule has 4 rings (SSSR count). The third-order valence-electron chi connectivity index (χ3n) is 6.13. The fraction of sp³-hybridized carbons (Fsp3) is 0.650. The van der Waals surface area contributed by atoms with Crippen molar-refractivity contribution in [2.24, 2.45) is 11.1 Å². The molecule has 2 saturated heterocycles. The Morgan fingerprint density at radius 3 is 2.72 bits per heavy atom. The smallest absolute Gasteiger partial charge is 0.327 e. The van der Waals surface area contributed by atoms with Crippen molar-refractivity contribution in [3.8, 4) is 0 Å². The number of nitrogen functional groups attached to an aromatic ring is 1. The van der Waals surface area contributed by atoms with Gasteiger partial charge in [0.15, 0.2) is 10.8 Å². The molecule has 32 heavy (non-hydrogen) atoms. The highest BCUT2D eigenvalue weighted by atomic mass is 32.2. The van der Waals surface area contributed by atoms with E-state index >= 15 is 0 Å². The quantitative estimate of drug-likeness (QED) is 0.303. The number of nitrogens with zero attached hydrogens (tertiary/aromatic N) is 3. The fourth-order valence-corrected chi connectivity index (χ4v) is 6.69. The number of oxime groups is 1. The zero-order valence-corrected chi connectivity index (χ0v) is 19.6. The number of carboxylic acid groups (broad SMARTS) is 1. The zero-order valence-electron chi connectivity index (χ0n) is 17.9. The molecule has 2 amide bonds. The van der Waals surface area contributed by atoms with Crippen LogP contribution < -0.4 is 11.1 Å². The molecule has 0 radical (unpaired) electrons. The molecular formula is C20H27N5O5S2. The van der Waals surface area contributed by atoms with Crippen LogP contribution >= 0.6 is 23.1 Å². The number of thiazole rings is 1. The molecule has 0 aromatic carbocycles. The molecular weight excluding hydrogens is 454 g/mol. The maximum absolute atomic E-state index is 13.1. The lowest BCUT2D eigenvalue weighted by Gasteiger charge is -2.43. The summed E-state index contributed by atoms with van der Waals surface area (Å²) in [5.41, 5.74) is 5.96. The van der Waals surface area contributed by atoms with Crippen LogP contribution in [0.5, 0.6) is 0 Å². The number of aliphatic carboxylic acids is 1. The van der Waals surface area contributed by atoms with Crippen LogP contribution in [0.3, 0.4) is 0 Å². The Kier molecular flexibility index (Phi) is 6.35. The number of fused-ring (bicyclic) bond motifs is 1. The predicted molar refractivity (Wildman–Crippen MR) is 121 cm³/mol. The van der Waals surface area contributed by atoms with Gasteiger partial charge in [0.2, 0.25) is 5.91 Å². The number of aromatic nitrogens is 1. The van der Waals surface area contributed by atoms with Gasteiger partial charge >= 0.3 is 5.97 Å². The largest absolute Gasteiger partial charge is 0.480 e. The number of hydrogen-bond acceptors (Lipinski definition) is 9. The molecule has 0 unspecified atom stereocenters. The fourth-order valence-electron chi connectivity index (χ4n) is 4.52. The van der Waals surface area contributed by atoms with Crippen LogP contribution in [-0.2, 0) is 19.2 Å². The van der Waals surface area contributed by atoms with E-state index in [2.05, 4.69) is 15.5 Å². The average molecular weight is 482 g/mol. The van der Waals surface area contributed by atoms with E-state index in [1.807, 2.05) is 0 Å². The van der Waals surface area contributed by atoms with Gasteiger partial charge in [-0.25, -0.2) is 9.78 Å². The number of hydrogen-bond donors (Lipinski definition) is 3. The van der Waals surface area contributed by atoms with E-state index in [-0.39, 0.29) is 16.5 Å². The van der Waals surface area contributed by atoms with Gasteiger partial charge < -0.3 is 25.9 Å². The molecule has 174 valence electrons. The van der Waals surface area contributed by atoms with Crippen LogP contribution in [0, 0.1) is 5.92 Å². The van der Waals surface area contributed by atoms with Gasteiger partial charge in [-0.15, -0.1) is 23.1 Å². The predicted octanol–water partition coefficient (Wildman–Crippen LogP) is 1.66. The van der Waals surface area contributed by atoms with Crippen molar-refractivity contribution in [2.75, 3.05) is 12.3 Å². The van der Waals surface area contributed by atoms with Gasteiger partial charge in [0.1, 0.15) is 29.8 Å². The second-order valence-electron chi connectivity index (χ2n) is 8.86. The van der Waals surface area contributed by atoms with Crippen LogP contribution in [0.15, 0.2) is 10.5 Å². The van der Waals surface area contributed by atoms with Gasteiger partial charge in [-0.2, -0.15) is 0 Å². The van der Waals surface area contributed by atoms with Crippen LogP contribution in [-0.4, -0.2) is 67.3 Å². The number of nitrogens with one attached hydrogen (secondary N) is 1. The Morgan fingerprint density at radius 2 is 2.09 bits per heavy atom. The summed E-state index contributed by atoms with van der Waals surface area (Å²) in [6, 6.07) is -1.78. The van der Waals surface area contributed by atoms with Crippen molar-refractivity contribution < 1.29 is 24.3 Å². The topological polar surface area (TPSA) is 147 Å². The van der Waals surface area contributed by atoms with Crippen molar-refractivity contribution in [1.82, 2.24) is 15.2 Å². The van der Waals surface area contributed by atoms with Gasteiger partial charge in [0.25, 0.3) is 5.91 Å². The van der Waals surface area contributed by atoms with Gasteiger partial charge in [-0.3, -0.25) is 9.59 Å². The van der Waals surface area contributed by atoms with E-state index in [0.29, 0.717) is 12.5 Å². The molecule has 1 aliphatic carbocycles. The lowest BCUT2D eigenvalue weighted by molar-refractivity contribution is -0.160. The second kappa shape index (κ2) is 8.89. The van der Waals surface area contributed by atoms with Crippen molar-refractivity contribution in [1.29, 1.82) is 0 Å². The van der Waals surface area contributed by atoms with Gasteiger partial charge in [-0.1, -0.05) is 24.4 Å². The number of thioether (sulfide) groups is 1. The summed E-state index contributed by atoms with van der Waals surface area (Å²) in [5, 5.41) is 17.8. The highest BCUT2D eigenvalue weighted by molar-refractivity contribution is 8.01. The monoisotopic (exact) mass is 481 g/mol. The lowest BCUT2D eigenvalue weighted by atomic mass is 9.90. The molecule has 1 aromatic heterocycles. The minimum Gasteiger partial charge on any atom is -0.480 e. The van der Waals surface area contributed by atoms with Crippen LogP contribution in [0.2, 0.25) is 0 Å². The summed E-state index contributed by atoms with van der Waals surface area (Å²) in [7, 11) is 0. The molecule has 3 aliphatic rings. The molecule has 3 heterocycles. The number of carbonyl (C=O) groups is 3. The molecule has 3 atom stereocenters. The van der Waals surface area contributed by atoms with E-state index in [9.17, 15) is 19.5 Å². The van der Waals surface area contributed by atoms with Crippen molar-refractivity contribution in [3.05, 3.63) is 11.1 Å². The summed E-state index contributed by atoms with van der Waals surface area (Å²) >= 11 is 2.54. The number of carbonyl (C=O) groups excluding carboxylic acids is 2. The average Bonchev–Trinajstić information content (AvgIpc) is 3.28. The summed E-state index contributed by atoms with van der Waals surface area (Å²) in [5.74, 6) is -1.67. The van der Waals surface area contributed by atoms with Crippen molar-refractivity contribution in [3.63, 3.8) is 0 Å². The third-order valence-corrected chi connectivity index (χ3v) is 8.38. The Balaban J connectivity index is 1.46. The normalized spacial score (nSPS) is 27.6. The zero-order chi connectivity index (χ0) is 23.0. The maximum atomic E-state index is 13.1. The summed E-state index contributed by atoms with van der Waals surface area (Å²) in [4.78, 5) is 48.4. The molecule has 12 heteroatoms.